The molecule has 5 heteroatoms. The summed E-state index contributed by atoms with van der Waals surface area (Å²) < 4.78 is 31.1. The minimum Gasteiger partial charge on any atom is -0.494 e. The van der Waals surface area contributed by atoms with Crippen LogP contribution in [0.4, 0.5) is 8.78 Å². The molecule has 0 aromatic heterocycles. The molecule has 3 nitrogen and oxygen atoms in total. The summed E-state index contributed by atoms with van der Waals surface area (Å²) in [6.45, 7) is 5.55. The molecule has 1 amide bonds. The summed E-state index contributed by atoms with van der Waals surface area (Å²) in [4.78, 5) is 13.5. The van der Waals surface area contributed by atoms with Crippen molar-refractivity contribution in [2.45, 2.75) is 33.6 Å². The van der Waals surface area contributed by atoms with Crippen molar-refractivity contribution < 1.29 is 18.3 Å². The van der Waals surface area contributed by atoms with Crippen molar-refractivity contribution in [2.75, 3.05) is 13.2 Å². The van der Waals surface area contributed by atoms with Crippen LogP contribution in [0.2, 0.25) is 0 Å². The van der Waals surface area contributed by atoms with Crippen LogP contribution in [0.1, 0.15) is 31.4 Å². The quantitative estimate of drug-likeness (QED) is 0.826. The summed E-state index contributed by atoms with van der Waals surface area (Å²) in [5, 5.41) is 0. The lowest BCUT2D eigenvalue weighted by Gasteiger charge is -2.32. The van der Waals surface area contributed by atoms with E-state index in [4.69, 9.17) is 4.74 Å². The molecule has 1 unspecified atom stereocenters. The van der Waals surface area contributed by atoms with E-state index in [9.17, 15) is 13.6 Å². The van der Waals surface area contributed by atoms with Crippen LogP contribution in [0.15, 0.2) is 24.3 Å². The number of hydrogen-bond acceptors (Lipinski definition) is 2. The Morgan fingerprint density at radius 2 is 2.14 bits per heavy atom. The highest BCUT2D eigenvalue weighted by molar-refractivity contribution is 5.91. The van der Waals surface area contributed by atoms with Crippen molar-refractivity contribution in [3.05, 3.63) is 35.4 Å². The fourth-order valence-electron chi connectivity index (χ4n) is 2.65. The molecular weight excluding hydrogens is 288 g/mol. The van der Waals surface area contributed by atoms with E-state index in [1.807, 2.05) is 32.1 Å². The van der Waals surface area contributed by atoms with Gasteiger partial charge in [-0.3, -0.25) is 4.79 Å². The Hall–Kier alpha value is -1.91. The smallest absolute Gasteiger partial charge is 0.256 e. The van der Waals surface area contributed by atoms with Gasteiger partial charge in [-0.05, 0) is 44.0 Å². The molecule has 0 saturated carbocycles. The summed E-state index contributed by atoms with van der Waals surface area (Å²) in [6.07, 6.45) is -0.113. The van der Waals surface area contributed by atoms with Crippen LogP contribution < -0.4 is 4.74 Å². The maximum Gasteiger partial charge on any atom is 0.256 e. The first-order valence-corrected chi connectivity index (χ1v) is 7.47. The zero-order valence-corrected chi connectivity index (χ0v) is 13.1. The predicted molar refractivity (Wildman–Crippen MR) is 81.8 cm³/mol. The average Bonchev–Trinajstić information content (AvgIpc) is 2.45. The van der Waals surface area contributed by atoms with E-state index in [0.29, 0.717) is 18.7 Å². The van der Waals surface area contributed by atoms with E-state index in [0.717, 1.165) is 16.9 Å². The SMILES string of the molecule is CCOc1ccc(C2=CCC(C)C(=O)N2CC(F)F)c(C)c1. The van der Waals surface area contributed by atoms with Crippen LogP contribution >= 0.6 is 0 Å². The maximum absolute atomic E-state index is 12.8. The van der Waals surface area contributed by atoms with Gasteiger partial charge in [0, 0.05) is 17.2 Å². The number of ether oxygens (including phenoxy) is 1. The fraction of sp³-hybridized carbons (Fsp3) is 0.471. The summed E-state index contributed by atoms with van der Waals surface area (Å²) in [6, 6.07) is 5.49. The molecule has 0 bridgehead atoms. The molecule has 1 atom stereocenters. The van der Waals surface area contributed by atoms with Crippen LogP contribution in [0.3, 0.4) is 0 Å². The van der Waals surface area contributed by atoms with Gasteiger partial charge >= 0.3 is 0 Å². The molecule has 1 aliphatic heterocycles. The number of carbonyl (C=O) groups is 1. The number of rotatable bonds is 5. The number of halogens is 2. The monoisotopic (exact) mass is 309 g/mol. The second kappa shape index (κ2) is 6.90. The lowest BCUT2D eigenvalue weighted by molar-refractivity contribution is -0.133. The van der Waals surface area contributed by atoms with E-state index < -0.39 is 13.0 Å². The van der Waals surface area contributed by atoms with Gasteiger partial charge in [0.25, 0.3) is 6.43 Å². The van der Waals surface area contributed by atoms with Crippen molar-refractivity contribution in [3.63, 3.8) is 0 Å². The Balaban J connectivity index is 2.37. The number of hydrogen-bond donors (Lipinski definition) is 0. The Labute approximate surface area is 129 Å². The van der Waals surface area contributed by atoms with E-state index in [1.165, 1.54) is 4.90 Å². The van der Waals surface area contributed by atoms with Gasteiger partial charge in [0.05, 0.1) is 13.2 Å². The largest absolute Gasteiger partial charge is 0.494 e. The van der Waals surface area contributed by atoms with Crippen LogP contribution in [-0.2, 0) is 4.79 Å². The summed E-state index contributed by atoms with van der Waals surface area (Å²) in [7, 11) is 0. The molecule has 0 spiro atoms. The van der Waals surface area contributed by atoms with E-state index in [1.54, 1.807) is 13.0 Å². The van der Waals surface area contributed by atoms with Gasteiger partial charge < -0.3 is 9.64 Å². The second-order valence-electron chi connectivity index (χ2n) is 5.48. The molecule has 1 aromatic carbocycles. The third-order valence-electron chi connectivity index (χ3n) is 3.75. The topological polar surface area (TPSA) is 29.5 Å². The summed E-state index contributed by atoms with van der Waals surface area (Å²) >= 11 is 0. The van der Waals surface area contributed by atoms with Crippen molar-refractivity contribution in [2.24, 2.45) is 5.92 Å². The number of alkyl halides is 2. The van der Waals surface area contributed by atoms with Gasteiger partial charge in [-0.25, -0.2) is 8.78 Å². The lowest BCUT2D eigenvalue weighted by atomic mass is 9.95. The molecule has 2 rings (SSSR count). The molecule has 0 N–H and O–H groups in total. The first kappa shape index (κ1) is 16.5. The number of benzene rings is 1. The van der Waals surface area contributed by atoms with Gasteiger partial charge in [-0.1, -0.05) is 13.0 Å². The molecule has 0 saturated heterocycles. The normalized spacial score (nSPS) is 18.6. The van der Waals surface area contributed by atoms with E-state index >= 15 is 0 Å². The second-order valence-corrected chi connectivity index (χ2v) is 5.48. The van der Waals surface area contributed by atoms with E-state index in [-0.39, 0.29) is 11.8 Å². The zero-order valence-electron chi connectivity index (χ0n) is 13.1. The van der Waals surface area contributed by atoms with Gasteiger partial charge in [0.2, 0.25) is 5.91 Å². The van der Waals surface area contributed by atoms with Crippen LogP contribution in [0.25, 0.3) is 5.70 Å². The molecule has 0 fully saturated rings. The Kier molecular flexibility index (Phi) is 5.16. The molecule has 0 radical (unpaired) electrons. The van der Waals surface area contributed by atoms with Gasteiger partial charge in [-0.15, -0.1) is 0 Å². The molecular formula is C17H21F2NO2. The van der Waals surface area contributed by atoms with Gasteiger partial charge in [0.1, 0.15) is 5.75 Å². The Morgan fingerprint density at radius 3 is 2.73 bits per heavy atom. The van der Waals surface area contributed by atoms with Crippen LogP contribution in [0, 0.1) is 12.8 Å². The average molecular weight is 309 g/mol. The van der Waals surface area contributed by atoms with Crippen LogP contribution in [0.5, 0.6) is 5.75 Å². The third kappa shape index (κ3) is 3.46. The standard InChI is InChI=1S/C17H21F2NO2/c1-4-22-13-6-7-14(12(3)9-13)15-8-5-11(2)17(21)20(15)10-16(18)19/h6-9,11,16H,4-5,10H2,1-3H3. The van der Waals surface area contributed by atoms with Crippen molar-refractivity contribution in [3.8, 4) is 5.75 Å². The number of amides is 1. The molecule has 22 heavy (non-hydrogen) atoms. The lowest BCUT2D eigenvalue weighted by Crippen LogP contribution is -2.39. The Bertz CT molecular complexity index is 584. The molecule has 1 heterocycles. The van der Waals surface area contributed by atoms with E-state index in [2.05, 4.69) is 0 Å². The number of aryl methyl sites for hydroxylation is 1. The minimum atomic E-state index is -2.55. The molecule has 1 aliphatic rings. The van der Waals surface area contributed by atoms with Crippen molar-refractivity contribution in [1.29, 1.82) is 0 Å². The first-order chi connectivity index (χ1) is 10.4. The van der Waals surface area contributed by atoms with Gasteiger partial charge in [-0.2, -0.15) is 0 Å². The molecule has 1 aromatic rings. The molecule has 0 aliphatic carbocycles. The fourth-order valence-corrected chi connectivity index (χ4v) is 2.65. The number of carbonyl (C=O) groups excluding carboxylic acids is 1. The maximum atomic E-state index is 12.8. The minimum absolute atomic E-state index is 0.244. The third-order valence-corrected chi connectivity index (χ3v) is 3.75. The summed E-state index contributed by atoms with van der Waals surface area (Å²) in [5.41, 5.74) is 2.27. The Morgan fingerprint density at radius 1 is 1.41 bits per heavy atom. The first-order valence-electron chi connectivity index (χ1n) is 7.47. The van der Waals surface area contributed by atoms with Crippen LogP contribution in [-0.4, -0.2) is 30.4 Å². The highest BCUT2D eigenvalue weighted by atomic mass is 19.3. The summed E-state index contributed by atoms with van der Waals surface area (Å²) in [5.74, 6) is 0.233. The highest BCUT2D eigenvalue weighted by Gasteiger charge is 2.30. The van der Waals surface area contributed by atoms with Crippen molar-refractivity contribution >= 4 is 11.6 Å². The van der Waals surface area contributed by atoms with Gasteiger partial charge in [0.15, 0.2) is 0 Å². The number of nitrogens with zero attached hydrogens (tertiary/aromatic N) is 1. The van der Waals surface area contributed by atoms with Crippen molar-refractivity contribution in [1.82, 2.24) is 4.90 Å². The number of allylic oxidation sites excluding steroid dienone is 1. The zero-order chi connectivity index (χ0) is 16.3. The predicted octanol–water partition coefficient (Wildman–Crippen LogP) is 3.87. The highest BCUT2D eigenvalue weighted by Crippen LogP contribution is 2.32. The molecule has 120 valence electrons.